The second kappa shape index (κ2) is 13.3. The number of benzene rings is 1. The predicted octanol–water partition coefficient (Wildman–Crippen LogP) is 8.44. The molecule has 0 amide bonds. The zero-order valence-corrected chi connectivity index (χ0v) is 19.7. The SMILES string of the molecule is CCCCCC1CCC(CCCOc2ccc(OCC3CCC(C)CC3)cc2)CC1. The van der Waals surface area contributed by atoms with E-state index >= 15 is 0 Å². The van der Waals surface area contributed by atoms with Gasteiger partial charge < -0.3 is 9.47 Å². The summed E-state index contributed by atoms with van der Waals surface area (Å²) in [5.41, 5.74) is 0. The van der Waals surface area contributed by atoms with Crippen LogP contribution in [0.4, 0.5) is 0 Å². The lowest BCUT2D eigenvalue weighted by Gasteiger charge is -2.28. The maximum Gasteiger partial charge on any atom is 0.119 e. The Balaban J connectivity index is 1.23. The molecule has 0 unspecified atom stereocenters. The smallest absolute Gasteiger partial charge is 0.119 e. The zero-order chi connectivity index (χ0) is 21.0. The van der Waals surface area contributed by atoms with Crippen molar-refractivity contribution in [2.24, 2.45) is 23.7 Å². The second-order valence-electron chi connectivity index (χ2n) is 10.3. The minimum atomic E-state index is 0.739. The van der Waals surface area contributed by atoms with E-state index in [1.807, 2.05) is 0 Å². The summed E-state index contributed by atoms with van der Waals surface area (Å²) in [4.78, 5) is 0. The highest BCUT2D eigenvalue weighted by molar-refractivity contribution is 5.31. The summed E-state index contributed by atoms with van der Waals surface area (Å²) < 4.78 is 12.0. The number of unbranched alkanes of at least 4 members (excludes halogenated alkanes) is 2. The van der Waals surface area contributed by atoms with Gasteiger partial charge in [0.2, 0.25) is 0 Å². The Kier molecular flexibility index (Phi) is 10.4. The first-order valence-electron chi connectivity index (χ1n) is 13.1. The molecule has 0 spiro atoms. The minimum absolute atomic E-state index is 0.739. The number of hydrogen-bond acceptors (Lipinski definition) is 2. The number of hydrogen-bond donors (Lipinski definition) is 0. The van der Waals surface area contributed by atoms with Crippen molar-refractivity contribution in [1.82, 2.24) is 0 Å². The summed E-state index contributed by atoms with van der Waals surface area (Å²) in [6, 6.07) is 8.28. The molecule has 0 bridgehead atoms. The van der Waals surface area contributed by atoms with Crippen LogP contribution in [0.5, 0.6) is 11.5 Å². The summed E-state index contributed by atoms with van der Waals surface area (Å²) in [5, 5.41) is 0. The van der Waals surface area contributed by atoms with E-state index in [-0.39, 0.29) is 0 Å². The van der Waals surface area contributed by atoms with Crippen LogP contribution in [0.1, 0.15) is 104 Å². The fourth-order valence-electron chi connectivity index (χ4n) is 5.40. The van der Waals surface area contributed by atoms with Crippen molar-refractivity contribution < 1.29 is 9.47 Å². The van der Waals surface area contributed by atoms with E-state index in [0.717, 1.165) is 48.4 Å². The Morgan fingerprint density at radius 2 is 1.20 bits per heavy atom. The molecule has 2 nitrogen and oxygen atoms in total. The van der Waals surface area contributed by atoms with Gasteiger partial charge in [0, 0.05) is 0 Å². The average Bonchev–Trinajstić information content (AvgIpc) is 2.78. The molecule has 2 aliphatic rings. The third kappa shape index (κ3) is 8.52. The third-order valence-corrected chi connectivity index (χ3v) is 7.65. The van der Waals surface area contributed by atoms with Crippen molar-refractivity contribution >= 4 is 0 Å². The van der Waals surface area contributed by atoms with Crippen molar-refractivity contribution in [3.8, 4) is 11.5 Å². The molecule has 2 fully saturated rings. The highest BCUT2D eigenvalue weighted by atomic mass is 16.5. The first-order valence-corrected chi connectivity index (χ1v) is 13.1. The molecule has 2 heteroatoms. The Morgan fingerprint density at radius 3 is 1.80 bits per heavy atom. The Labute approximate surface area is 186 Å². The predicted molar refractivity (Wildman–Crippen MR) is 127 cm³/mol. The summed E-state index contributed by atoms with van der Waals surface area (Å²) in [6.45, 7) is 6.39. The van der Waals surface area contributed by atoms with Gasteiger partial charge >= 0.3 is 0 Å². The van der Waals surface area contributed by atoms with Gasteiger partial charge in [-0.15, -0.1) is 0 Å². The quantitative estimate of drug-likeness (QED) is 0.319. The summed E-state index contributed by atoms with van der Waals surface area (Å²) in [6.07, 6.45) is 19.4. The van der Waals surface area contributed by atoms with Gasteiger partial charge in [0.05, 0.1) is 13.2 Å². The molecule has 1 aromatic rings. The maximum atomic E-state index is 6.02. The van der Waals surface area contributed by atoms with Crippen molar-refractivity contribution in [2.75, 3.05) is 13.2 Å². The van der Waals surface area contributed by atoms with Gasteiger partial charge in [0.25, 0.3) is 0 Å². The molecule has 0 heterocycles. The second-order valence-corrected chi connectivity index (χ2v) is 10.3. The molecule has 0 atom stereocenters. The first kappa shape index (κ1) is 23.5. The van der Waals surface area contributed by atoms with Gasteiger partial charge in [-0.3, -0.25) is 0 Å². The van der Waals surface area contributed by atoms with Gasteiger partial charge in [0.1, 0.15) is 11.5 Å². The van der Waals surface area contributed by atoms with E-state index in [1.165, 1.54) is 89.9 Å². The fourth-order valence-corrected chi connectivity index (χ4v) is 5.40. The zero-order valence-electron chi connectivity index (χ0n) is 19.7. The van der Waals surface area contributed by atoms with E-state index in [9.17, 15) is 0 Å². The summed E-state index contributed by atoms with van der Waals surface area (Å²) in [7, 11) is 0. The lowest BCUT2D eigenvalue weighted by atomic mass is 9.78. The summed E-state index contributed by atoms with van der Waals surface area (Å²) in [5.74, 6) is 5.57. The molecule has 0 aromatic heterocycles. The van der Waals surface area contributed by atoms with Crippen LogP contribution < -0.4 is 9.47 Å². The minimum Gasteiger partial charge on any atom is -0.494 e. The molecule has 0 saturated heterocycles. The van der Waals surface area contributed by atoms with Crippen molar-refractivity contribution in [1.29, 1.82) is 0 Å². The van der Waals surface area contributed by atoms with Crippen LogP contribution in [0.3, 0.4) is 0 Å². The van der Waals surface area contributed by atoms with E-state index in [4.69, 9.17) is 9.47 Å². The molecule has 170 valence electrons. The lowest BCUT2D eigenvalue weighted by molar-refractivity contribution is 0.188. The third-order valence-electron chi connectivity index (χ3n) is 7.65. The summed E-state index contributed by atoms with van der Waals surface area (Å²) >= 11 is 0. The molecular formula is C28H46O2. The van der Waals surface area contributed by atoms with Crippen molar-refractivity contribution in [2.45, 2.75) is 104 Å². The van der Waals surface area contributed by atoms with Crippen LogP contribution >= 0.6 is 0 Å². The standard InChI is InChI=1S/C28H46O2/c1-3-4-5-7-24-13-15-25(16-14-24)8-6-21-29-27-17-19-28(20-18-27)30-22-26-11-9-23(2)10-12-26/h17-20,23-26H,3-16,21-22H2,1-2H3. The monoisotopic (exact) mass is 414 g/mol. The molecule has 3 rings (SSSR count). The van der Waals surface area contributed by atoms with Crippen LogP contribution in [-0.4, -0.2) is 13.2 Å². The molecule has 0 radical (unpaired) electrons. The van der Waals surface area contributed by atoms with E-state index < -0.39 is 0 Å². The Hall–Kier alpha value is -1.18. The molecule has 0 N–H and O–H groups in total. The maximum absolute atomic E-state index is 6.02. The van der Waals surface area contributed by atoms with Crippen LogP contribution in [-0.2, 0) is 0 Å². The van der Waals surface area contributed by atoms with E-state index in [1.54, 1.807) is 0 Å². The Bertz CT molecular complexity index is 551. The van der Waals surface area contributed by atoms with Gasteiger partial charge in [-0.1, -0.05) is 78.1 Å². The average molecular weight is 415 g/mol. The molecular weight excluding hydrogens is 368 g/mol. The number of ether oxygens (including phenoxy) is 2. The van der Waals surface area contributed by atoms with Crippen molar-refractivity contribution in [3.05, 3.63) is 24.3 Å². The lowest BCUT2D eigenvalue weighted by Crippen LogP contribution is -2.18. The molecule has 30 heavy (non-hydrogen) atoms. The van der Waals surface area contributed by atoms with Crippen molar-refractivity contribution in [3.63, 3.8) is 0 Å². The number of rotatable bonds is 12. The largest absolute Gasteiger partial charge is 0.494 e. The van der Waals surface area contributed by atoms with E-state index in [2.05, 4.69) is 38.1 Å². The highest BCUT2D eigenvalue weighted by Gasteiger charge is 2.20. The molecule has 1 aromatic carbocycles. The van der Waals surface area contributed by atoms with Crippen LogP contribution in [0.15, 0.2) is 24.3 Å². The van der Waals surface area contributed by atoms with Crippen LogP contribution in [0.2, 0.25) is 0 Å². The van der Waals surface area contributed by atoms with Gasteiger partial charge in [-0.05, 0) is 73.6 Å². The van der Waals surface area contributed by atoms with Gasteiger partial charge in [-0.25, -0.2) is 0 Å². The highest BCUT2D eigenvalue weighted by Crippen LogP contribution is 2.34. The normalized spacial score (nSPS) is 27.0. The van der Waals surface area contributed by atoms with Gasteiger partial charge in [-0.2, -0.15) is 0 Å². The van der Waals surface area contributed by atoms with Gasteiger partial charge in [0.15, 0.2) is 0 Å². The van der Waals surface area contributed by atoms with Crippen LogP contribution in [0.25, 0.3) is 0 Å². The first-order chi connectivity index (χ1) is 14.7. The molecule has 2 saturated carbocycles. The Morgan fingerprint density at radius 1 is 0.667 bits per heavy atom. The topological polar surface area (TPSA) is 18.5 Å². The van der Waals surface area contributed by atoms with Crippen LogP contribution in [0, 0.1) is 23.7 Å². The molecule has 0 aliphatic heterocycles. The fraction of sp³-hybridized carbons (Fsp3) is 0.786. The molecule has 2 aliphatic carbocycles. The van der Waals surface area contributed by atoms with E-state index in [0.29, 0.717) is 0 Å².